The number of carbonyl (C=O) groups is 1. The summed E-state index contributed by atoms with van der Waals surface area (Å²) in [4.78, 5) is 24.0. The zero-order valence-corrected chi connectivity index (χ0v) is 12.5. The molecule has 1 atom stereocenters. The van der Waals surface area contributed by atoms with Crippen molar-refractivity contribution in [2.24, 2.45) is 0 Å². The summed E-state index contributed by atoms with van der Waals surface area (Å²) in [6, 6.07) is 4.14. The van der Waals surface area contributed by atoms with Crippen molar-refractivity contribution in [1.82, 2.24) is 4.90 Å². The molecule has 0 aliphatic carbocycles. The van der Waals surface area contributed by atoms with Gasteiger partial charge in [0.15, 0.2) is 0 Å². The van der Waals surface area contributed by atoms with Gasteiger partial charge in [-0.1, -0.05) is 11.6 Å². The van der Waals surface area contributed by atoms with Gasteiger partial charge >= 0.3 is 0 Å². The normalized spacial score (nSPS) is 12.0. The fourth-order valence-electron chi connectivity index (χ4n) is 1.54. The smallest absolute Gasteiger partial charge is 0.288 e. The Morgan fingerprint density at radius 1 is 1.58 bits per heavy atom. The summed E-state index contributed by atoms with van der Waals surface area (Å²) in [6.45, 7) is 1.93. The van der Waals surface area contributed by atoms with Gasteiger partial charge < -0.3 is 4.90 Å². The number of benzene rings is 1. The van der Waals surface area contributed by atoms with E-state index in [2.05, 4.69) is 0 Å². The van der Waals surface area contributed by atoms with E-state index in [9.17, 15) is 14.9 Å². The number of nitro benzene ring substituents is 1. The highest BCUT2D eigenvalue weighted by Gasteiger charge is 2.21. The number of hydrogen-bond acceptors (Lipinski definition) is 4. The van der Waals surface area contributed by atoms with Crippen LogP contribution in [0.25, 0.3) is 0 Å². The van der Waals surface area contributed by atoms with Crippen molar-refractivity contribution in [3.05, 3.63) is 38.9 Å². The van der Waals surface area contributed by atoms with Gasteiger partial charge in [0.25, 0.3) is 11.6 Å². The molecule has 0 aliphatic rings. The van der Waals surface area contributed by atoms with Gasteiger partial charge in [-0.2, -0.15) is 11.8 Å². The fraction of sp³-hybridized carbons (Fsp3) is 0.417. The molecule has 0 saturated heterocycles. The van der Waals surface area contributed by atoms with Crippen LogP contribution in [0, 0.1) is 10.1 Å². The largest absolute Gasteiger partial charge is 0.338 e. The maximum absolute atomic E-state index is 12.2. The summed E-state index contributed by atoms with van der Waals surface area (Å²) in [5, 5.41) is 10.8. The minimum Gasteiger partial charge on any atom is -0.338 e. The van der Waals surface area contributed by atoms with E-state index in [1.807, 2.05) is 13.2 Å². The number of amides is 1. The van der Waals surface area contributed by atoms with Crippen molar-refractivity contribution in [3.63, 3.8) is 0 Å². The van der Waals surface area contributed by atoms with Crippen molar-refractivity contribution in [2.75, 3.05) is 19.1 Å². The van der Waals surface area contributed by atoms with Crippen LogP contribution in [0.2, 0.25) is 5.02 Å². The molecule has 1 unspecified atom stereocenters. The Labute approximate surface area is 121 Å². The van der Waals surface area contributed by atoms with Crippen LogP contribution in [0.4, 0.5) is 5.69 Å². The maximum Gasteiger partial charge on any atom is 0.288 e. The molecule has 0 fully saturated rings. The molecular weight excluding hydrogens is 288 g/mol. The standard InChI is InChI=1S/C12H15ClN2O3S/c1-8(7-19-3)14(2)12(16)9-4-5-10(13)11(6-9)15(17)18/h4-6,8H,7H2,1-3H3. The van der Waals surface area contributed by atoms with Crippen molar-refractivity contribution >= 4 is 35.0 Å². The fourth-order valence-corrected chi connectivity index (χ4v) is 2.43. The second kappa shape index (κ2) is 6.77. The van der Waals surface area contributed by atoms with Gasteiger partial charge in [0, 0.05) is 30.5 Å². The van der Waals surface area contributed by atoms with Crippen LogP contribution in [0.5, 0.6) is 0 Å². The minimum atomic E-state index is -0.593. The molecule has 0 bridgehead atoms. The predicted octanol–water partition coefficient (Wildman–Crippen LogP) is 3.07. The highest BCUT2D eigenvalue weighted by molar-refractivity contribution is 7.98. The zero-order valence-electron chi connectivity index (χ0n) is 10.9. The van der Waals surface area contributed by atoms with Gasteiger partial charge in [-0.05, 0) is 25.3 Å². The molecule has 0 N–H and O–H groups in total. The molecule has 5 nitrogen and oxygen atoms in total. The summed E-state index contributed by atoms with van der Waals surface area (Å²) in [6.07, 6.45) is 1.96. The first-order valence-corrected chi connectivity index (χ1v) is 7.35. The Kier molecular flexibility index (Phi) is 5.62. The van der Waals surface area contributed by atoms with Crippen LogP contribution in [-0.4, -0.2) is 40.8 Å². The third kappa shape index (κ3) is 3.84. The van der Waals surface area contributed by atoms with E-state index >= 15 is 0 Å². The lowest BCUT2D eigenvalue weighted by Crippen LogP contribution is -2.36. The van der Waals surface area contributed by atoms with Crippen molar-refractivity contribution in [3.8, 4) is 0 Å². The summed E-state index contributed by atoms with van der Waals surface area (Å²) in [5.41, 5.74) is 0.0185. The Morgan fingerprint density at radius 3 is 2.74 bits per heavy atom. The molecule has 104 valence electrons. The lowest BCUT2D eigenvalue weighted by Gasteiger charge is -2.24. The van der Waals surface area contributed by atoms with Gasteiger partial charge in [-0.15, -0.1) is 0 Å². The number of halogens is 1. The lowest BCUT2D eigenvalue weighted by atomic mass is 10.1. The minimum absolute atomic E-state index is 0.0290. The number of nitrogens with zero attached hydrogens (tertiary/aromatic N) is 2. The van der Waals surface area contributed by atoms with Crippen molar-refractivity contribution < 1.29 is 9.72 Å². The molecule has 0 spiro atoms. The molecule has 1 aromatic carbocycles. The van der Waals surface area contributed by atoms with Crippen LogP contribution < -0.4 is 0 Å². The monoisotopic (exact) mass is 302 g/mol. The molecule has 0 saturated carbocycles. The Balaban J connectivity index is 3.00. The molecular formula is C12H15ClN2O3S. The second-order valence-electron chi connectivity index (χ2n) is 4.14. The molecule has 0 radical (unpaired) electrons. The molecule has 7 heteroatoms. The lowest BCUT2D eigenvalue weighted by molar-refractivity contribution is -0.384. The van der Waals surface area contributed by atoms with Crippen LogP contribution in [0.3, 0.4) is 0 Å². The second-order valence-corrected chi connectivity index (χ2v) is 5.46. The maximum atomic E-state index is 12.2. The van der Waals surface area contributed by atoms with Gasteiger partial charge in [0.1, 0.15) is 5.02 Å². The number of carbonyl (C=O) groups excluding carboxylic acids is 1. The zero-order chi connectivity index (χ0) is 14.6. The average molecular weight is 303 g/mol. The van der Waals surface area contributed by atoms with E-state index in [1.54, 1.807) is 23.7 Å². The number of thioether (sulfide) groups is 1. The van der Waals surface area contributed by atoms with Crippen LogP contribution in [0.15, 0.2) is 18.2 Å². The quantitative estimate of drug-likeness (QED) is 0.619. The summed E-state index contributed by atoms with van der Waals surface area (Å²) < 4.78 is 0. The van der Waals surface area contributed by atoms with Gasteiger partial charge in [-0.3, -0.25) is 14.9 Å². The van der Waals surface area contributed by atoms with Gasteiger partial charge in [-0.25, -0.2) is 0 Å². The van der Waals surface area contributed by atoms with Gasteiger partial charge in [0.2, 0.25) is 0 Å². The van der Waals surface area contributed by atoms with E-state index in [-0.39, 0.29) is 28.2 Å². The molecule has 19 heavy (non-hydrogen) atoms. The van der Waals surface area contributed by atoms with Crippen LogP contribution in [-0.2, 0) is 0 Å². The number of rotatable bonds is 5. The third-order valence-electron chi connectivity index (χ3n) is 2.78. The molecule has 0 aliphatic heterocycles. The summed E-state index contributed by atoms with van der Waals surface area (Å²) >= 11 is 7.36. The van der Waals surface area contributed by atoms with E-state index in [0.717, 1.165) is 5.75 Å². The first-order chi connectivity index (χ1) is 8.88. The average Bonchev–Trinajstić information content (AvgIpc) is 2.37. The van der Waals surface area contributed by atoms with E-state index in [1.165, 1.54) is 18.2 Å². The number of hydrogen-bond donors (Lipinski definition) is 0. The molecule has 1 aromatic rings. The highest BCUT2D eigenvalue weighted by atomic mass is 35.5. The number of nitro groups is 1. The van der Waals surface area contributed by atoms with E-state index < -0.39 is 4.92 Å². The highest BCUT2D eigenvalue weighted by Crippen LogP contribution is 2.25. The van der Waals surface area contributed by atoms with Crippen LogP contribution >= 0.6 is 23.4 Å². The molecule has 0 heterocycles. The third-order valence-corrected chi connectivity index (χ3v) is 3.91. The van der Waals surface area contributed by atoms with Crippen molar-refractivity contribution in [2.45, 2.75) is 13.0 Å². The van der Waals surface area contributed by atoms with E-state index in [4.69, 9.17) is 11.6 Å². The predicted molar refractivity (Wildman–Crippen MR) is 78.0 cm³/mol. The molecule has 0 aromatic heterocycles. The molecule has 1 amide bonds. The van der Waals surface area contributed by atoms with Gasteiger partial charge in [0.05, 0.1) is 4.92 Å². The van der Waals surface area contributed by atoms with Crippen molar-refractivity contribution in [1.29, 1.82) is 0 Å². The molecule has 1 rings (SSSR count). The Morgan fingerprint density at radius 2 is 2.21 bits per heavy atom. The Bertz CT molecular complexity index is 496. The first-order valence-electron chi connectivity index (χ1n) is 5.58. The topological polar surface area (TPSA) is 63.5 Å². The first kappa shape index (κ1) is 15.8. The Hall–Kier alpha value is -1.27. The van der Waals surface area contributed by atoms with Crippen LogP contribution in [0.1, 0.15) is 17.3 Å². The van der Waals surface area contributed by atoms with E-state index in [0.29, 0.717) is 0 Å². The SMILES string of the molecule is CSCC(C)N(C)C(=O)c1ccc(Cl)c([N+](=O)[O-])c1. The summed E-state index contributed by atoms with van der Waals surface area (Å²) in [7, 11) is 1.68. The summed E-state index contributed by atoms with van der Waals surface area (Å²) in [5.74, 6) is 0.555.